The van der Waals surface area contributed by atoms with Crippen LogP contribution in [0.1, 0.15) is 38.8 Å². The first-order chi connectivity index (χ1) is 9.29. The number of carbonyl (C=O) groups excluding carboxylic acids is 1. The smallest absolute Gasteiger partial charge is 0.328 e. The average Bonchev–Trinajstić information content (AvgIpc) is 2.37. The van der Waals surface area contributed by atoms with Crippen LogP contribution in [-0.4, -0.2) is 24.7 Å². The Kier molecular flexibility index (Phi) is 3.63. The maximum absolute atomic E-state index is 12.0. The molecule has 0 saturated heterocycles. The number of rotatable bonds is 2. The number of allylic oxidation sites excluding steroid dienone is 1. The van der Waals surface area contributed by atoms with Crippen molar-refractivity contribution < 1.29 is 9.53 Å². The molecule has 20 heavy (non-hydrogen) atoms. The minimum absolute atomic E-state index is 0.208. The molecule has 1 aliphatic rings. The topological polar surface area (TPSA) is 29.5 Å². The molecule has 0 N–H and O–H groups in total. The Labute approximate surface area is 121 Å². The van der Waals surface area contributed by atoms with Gasteiger partial charge in [-0.1, -0.05) is 24.3 Å². The molecule has 0 fully saturated rings. The molecule has 2 rings (SSSR count). The van der Waals surface area contributed by atoms with E-state index in [-0.39, 0.29) is 17.6 Å². The molecule has 0 amide bonds. The van der Waals surface area contributed by atoms with E-state index in [1.165, 1.54) is 23.8 Å². The minimum atomic E-state index is -0.320. The summed E-state index contributed by atoms with van der Waals surface area (Å²) in [6.45, 7) is 10.4. The van der Waals surface area contributed by atoms with Crippen LogP contribution in [0, 0.1) is 6.92 Å². The van der Waals surface area contributed by atoms with Crippen LogP contribution < -0.4 is 4.90 Å². The first kappa shape index (κ1) is 14.6. The molecule has 3 heteroatoms. The number of para-hydroxylation sites is 1. The quantitative estimate of drug-likeness (QED) is 0.772. The fourth-order valence-corrected chi connectivity index (χ4v) is 3.23. The summed E-state index contributed by atoms with van der Waals surface area (Å²) in [5, 5.41) is 0. The van der Waals surface area contributed by atoms with Crippen molar-refractivity contribution in [2.45, 2.75) is 46.2 Å². The summed E-state index contributed by atoms with van der Waals surface area (Å²) in [6.07, 6.45) is 2.22. The Bertz CT molecular complexity index is 572. The highest BCUT2D eigenvalue weighted by atomic mass is 16.5. The lowest BCUT2D eigenvalue weighted by molar-refractivity contribution is -0.142. The largest absolute Gasteiger partial charge is 0.467 e. The van der Waals surface area contributed by atoms with Gasteiger partial charge in [0.25, 0.3) is 0 Å². The standard InChI is InChI=1S/C17H23NO2/c1-11-8-7-9-14-12(2)10-17(4,5)18(15(11)14)13(3)16(19)20-6/h7-10,13H,1-6H3/t13-/m1/s1. The van der Waals surface area contributed by atoms with Crippen molar-refractivity contribution >= 4 is 17.2 Å². The second kappa shape index (κ2) is 4.97. The molecule has 1 atom stereocenters. The highest BCUT2D eigenvalue weighted by Gasteiger charge is 2.38. The number of anilines is 1. The fraction of sp³-hybridized carbons (Fsp3) is 0.471. The fourth-order valence-electron chi connectivity index (χ4n) is 3.23. The summed E-state index contributed by atoms with van der Waals surface area (Å²) in [5.41, 5.74) is 4.54. The van der Waals surface area contributed by atoms with Crippen molar-refractivity contribution in [1.29, 1.82) is 0 Å². The van der Waals surface area contributed by atoms with Crippen LogP contribution in [0.2, 0.25) is 0 Å². The molecule has 0 unspecified atom stereocenters. The summed E-state index contributed by atoms with van der Waals surface area (Å²) in [6, 6.07) is 5.94. The third-order valence-corrected chi connectivity index (χ3v) is 4.02. The van der Waals surface area contributed by atoms with Crippen LogP contribution >= 0.6 is 0 Å². The van der Waals surface area contributed by atoms with E-state index in [2.05, 4.69) is 56.9 Å². The van der Waals surface area contributed by atoms with Gasteiger partial charge in [-0.3, -0.25) is 0 Å². The van der Waals surface area contributed by atoms with Crippen LogP contribution in [-0.2, 0) is 9.53 Å². The second-order valence-corrected chi connectivity index (χ2v) is 6.02. The van der Waals surface area contributed by atoms with Gasteiger partial charge in [-0.15, -0.1) is 0 Å². The Balaban J connectivity index is 2.65. The van der Waals surface area contributed by atoms with Crippen molar-refractivity contribution in [3.05, 3.63) is 35.4 Å². The van der Waals surface area contributed by atoms with Gasteiger partial charge in [-0.25, -0.2) is 4.79 Å². The lowest BCUT2D eigenvalue weighted by Crippen LogP contribution is -2.53. The van der Waals surface area contributed by atoms with Gasteiger partial charge in [0.2, 0.25) is 0 Å². The first-order valence-electron chi connectivity index (χ1n) is 6.96. The highest BCUT2D eigenvalue weighted by Crippen LogP contribution is 2.42. The summed E-state index contributed by atoms with van der Waals surface area (Å²) >= 11 is 0. The molecule has 0 radical (unpaired) electrons. The van der Waals surface area contributed by atoms with Gasteiger partial charge in [-0.2, -0.15) is 0 Å². The van der Waals surface area contributed by atoms with E-state index >= 15 is 0 Å². The van der Waals surface area contributed by atoms with Gasteiger partial charge in [0.1, 0.15) is 6.04 Å². The maximum atomic E-state index is 12.0. The molecular weight excluding hydrogens is 250 g/mol. The van der Waals surface area contributed by atoms with Crippen LogP contribution in [0.15, 0.2) is 24.3 Å². The molecule has 3 nitrogen and oxygen atoms in total. The van der Waals surface area contributed by atoms with Crippen molar-refractivity contribution in [1.82, 2.24) is 0 Å². The number of fused-ring (bicyclic) bond motifs is 1. The van der Waals surface area contributed by atoms with E-state index in [0.29, 0.717) is 0 Å². The number of benzene rings is 1. The van der Waals surface area contributed by atoms with Crippen molar-refractivity contribution in [3.63, 3.8) is 0 Å². The van der Waals surface area contributed by atoms with Crippen LogP contribution in [0.5, 0.6) is 0 Å². The monoisotopic (exact) mass is 273 g/mol. The first-order valence-corrected chi connectivity index (χ1v) is 6.96. The summed E-state index contributed by atoms with van der Waals surface area (Å²) < 4.78 is 4.94. The predicted molar refractivity (Wildman–Crippen MR) is 82.9 cm³/mol. The third-order valence-electron chi connectivity index (χ3n) is 4.02. The molecule has 108 valence electrons. The van der Waals surface area contributed by atoms with Crippen LogP contribution in [0.4, 0.5) is 5.69 Å². The van der Waals surface area contributed by atoms with Gasteiger partial charge >= 0.3 is 5.97 Å². The number of carbonyl (C=O) groups is 1. The molecule has 1 aromatic carbocycles. The molecule has 0 bridgehead atoms. The Morgan fingerprint density at radius 3 is 2.55 bits per heavy atom. The minimum Gasteiger partial charge on any atom is -0.467 e. The Hall–Kier alpha value is -1.77. The number of methoxy groups -OCH3 is 1. The predicted octanol–water partition coefficient (Wildman–Crippen LogP) is 3.56. The lowest BCUT2D eigenvalue weighted by atomic mass is 9.86. The van der Waals surface area contributed by atoms with Crippen molar-refractivity contribution in [3.8, 4) is 0 Å². The van der Waals surface area contributed by atoms with Gasteiger partial charge in [-0.05, 0) is 45.8 Å². The van der Waals surface area contributed by atoms with Crippen molar-refractivity contribution in [2.24, 2.45) is 0 Å². The van der Waals surface area contributed by atoms with Crippen molar-refractivity contribution in [2.75, 3.05) is 12.0 Å². The highest BCUT2D eigenvalue weighted by molar-refractivity contribution is 5.88. The number of aryl methyl sites for hydroxylation is 1. The van der Waals surface area contributed by atoms with Gasteiger partial charge in [0, 0.05) is 11.3 Å². The summed E-state index contributed by atoms with van der Waals surface area (Å²) in [5.74, 6) is -0.208. The Morgan fingerprint density at radius 2 is 1.95 bits per heavy atom. The summed E-state index contributed by atoms with van der Waals surface area (Å²) in [4.78, 5) is 14.2. The molecule has 1 aliphatic heterocycles. The van der Waals surface area contributed by atoms with Gasteiger partial charge in [0.05, 0.1) is 12.6 Å². The number of hydrogen-bond donors (Lipinski definition) is 0. The van der Waals surface area contributed by atoms with Crippen LogP contribution in [0.25, 0.3) is 5.57 Å². The second-order valence-electron chi connectivity index (χ2n) is 6.02. The summed E-state index contributed by atoms with van der Waals surface area (Å²) in [7, 11) is 1.44. The Morgan fingerprint density at radius 1 is 1.30 bits per heavy atom. The van der Waals surface area contributed by atoms with E-state index in [4.69, 9.17) is 4.74 Å². The maximum Gasteiger partial charge on any atom is 0.328 e. The molecule has 0 spiro atoms. The zero-order valence-corrected chi connectivity index (χ0v) is 13.2. The SMILES string of the molecule is COC(=O)[C@@H](C)N1c2c(C)cccc2C(C)=CC1(C)C. The van der Waals surface area contributed by atoms with E-state index in [0.717, 1.165) is 5.69 Å². The number of nitrogens with zero attached hydrogens (tertiary/aromatic N) is 1. The molecule has 0 aromatic heterocycles. The molecule has 1 aromatic rings. The van der Waals surface area contributed by atoms with Gasteiger partial charge < -0.3 is 9.64 Å². The molecule has 0 aliphatic carbocycles. The zero-order valence-electron chi connectivity index (χ0n) is 13.2. The van der Waals surface area contributed by atoms with E-state index in [1.807, 2.05) is 6.92 Å². The molecule has 0 saturated carbocycles. The van der Waals surface area contributed by atoms with E-state index in [9.17, 15) is 4.79 Å². The number of ether oxygens (including phenoxy) is 1. The van der Waals surface area contributed by atoms with Gasteiger partial charge in [0.15, 0.2) is 0 Å². The third kappa shape index (κ3) is 2.21. The average molecular weight is 273 g/mol. The van der Waals surface area contributed by atoms with Crippen LogP contribution in [0.3, 0.4) is 0 Å². The van der Waals surface area contributed by atoms with E-state index < -0.39 is 0 Å². The molecule has 1 heterocycles. The lowest BCUT2D eigenvalue weighted by Gasteiger charge is -2.46. The van der Waals surface area contributed by atoms with E-state index in [1.54, 1.807) is 0 Å². The molecular formula is C17H23NO2. The normalized spacial score (nSPS) is 18.1. The zero-order chi connectivity index (χ0) is 15.1. The number of esters is 1. The number of hydrogen-bond acceptors (Lipinski definition) is 3.